The lowest BCUT2D eigenvalue weighted by atomic mass is 10.0. The third-order valence-electron chi connectivity index (χ3n) is 5.47. The molecule has 4 rings (SSSR count). The first kappa shape index (κ1) is 19.7. The van der Waals surface area contributed by atoms with Crippen LogP contribution in [0.2, 0.25) is 0 Å². The molecular formula is C25H31N3O. The number of nitrogens with one attached hydrogen (secondary N) is 1. The average Bonchev–Trinajstić information content (AvgIpc) is 2.75. The maximum absolute atomic E-state index is 6.41. The van der Waals surface area contributed by atoms with E-state index in [0.717, 1.165) is 72.9 Å². The number of rotatable bonds is 8. The third-order valence-corrected chi connectivity index (χ3v) is 5.47. The van der Waals surface area contributed by atoms with Crippen molar-refractivity contribution in [3.05, 3.63) is 54.3 Å². The van der Waals surface area contributed by atoms with Gasteiger partial charge in [-0.1, -0.05) is 51.1 Å². The Bertz CT molecular complexity index is 967. The summed E-state index contributed by atoms with van der Waals surface area (Å²) in [5, 5.41) is 5.87. The molecule has 4 nitrogen and oxygen atoms in total. The molecule has 1 N–H and O–H groups in total. The zero-order valence-corrected chi connectivity index (χ0v) is 17.7. The number of aliphatic imine (C=N–C) groups is 1. The molecule has 0 saturated carbocycles. The number of nitrogens with zero attached hydrogens (tertiary/aromatic N) is 2. The van der Waals surface area contributed by atoms with Crippen LogP contribution in [0, 0.1) is 0 Å². The predicted octanol–water partition coefficient (Wildman–Crippen LogP) is 6.07. The smallest absolute Gasteiger partial charge is 0.155 e. The Morgan fingerprint density at radius 1 is 1.03 bits per heavy atom. The van der Waals surface area contributed by atoms with Crippen molar-refractivity contribution in [3.63, 3.8) is 0 Å². The van der Waals surface area contributed by atoms with Crippen LogP contribution in [0.4, 0.5) is 11.4 Å². The normalized spacial score (nSPS) is 17.4. The second kappa shape index (κ2) is 8.83. The highest BCUT2D eigenvalue weighted by atomic mass is 16.5. The van der Waals surface area contributed by atoms with Gasteiger partial charge in [0, 0.05) is 29.1 Å². The monoisotopic (exact) mass is 389 g/mol. The van der Waals surface area contributed by atoms with Gasteiger partial charge in [-0.15, -0.1) is 0 Å². The van der Waals surface area contributed by atoms with E-state index in [0.29, 0.717) is 0 Å². The number of fused-ring (bicyclic) bond motifs is 4. The van der Waals surface area contributed by atoms with Gasteiger partial charge in [0.25, 0.3) is 0 Å². The van der Waals surface area contributed by atoms with Crippen molar-refractivity contribution in [2.45, 2.75) is 46.1 Å². The molecule has 0 bridgehead atoms. The fourth-order valence-corrected chi connectivity index (χ4v) is 4.13. The maximum Gasteiger partial charge on any atom is 0.155 e. The Hall–Kier alpha value is -2.59. The topological polar surface area (TPSA) is 36.9 Å². The van der Waals surface area contributed by atoms with Gasteiger partial charge in [0.05, 0.1) is 6.04 Å². The molecule has 1 aliphatic heterocycles. The molecule has 1 atom stereocenters. The van der Waals surface area contributed by atoms with Crippen molar-refractivity contribution in [3.8, 4) is 5.75 Å². The van der Waals surface area contributed by atoms with Crippen molar-refractivity contribution in [1.29, 1.82) is 0 Å². The standard InChI is InChI=1S/C25H31N3O/c1-4-13-26-22-17-24-25(20-10-8-7-9-19(20)22)27-21-12-11-18(16-23(21)29-24)28(14-5-2)15-6-3/h7-12,16-18,26H,4-6,13-15H2,1-3H3. The van der Waals surface area contributed by atoms with E-state index in [1.807, 2.05) is 0 Å². The lowest BCUT2D eigenvalue weighted by Crippen LogP contribution is -2.36. The minimum Gasteiger partial charge on any atom is -0.453 e. The van der Waals surface area contributed by atoms with Gasteiger partial charge in [0.2, 0.25) is 0 Å². The lowest BCUT2D eigenvalue weighted by Gasteiger charge is -2.31. The van der Waals surface area contributed by atoms with Crippen molar-refractivity contribution in [2.24, 2.45) is 4.99 Å². The molecule has 0 saturated heterocycles. The van der Waals surface area contributed by atoms with Crippen molar-refractivity contribution >= 4 is 27.9 Å². The van der Waals surface area contributed by atoms with Crippen molar-refractivity contribution in [1.82, 2.24) is 4.90 Å². The van der Waals surface area contributed by atoms with Crippen molar-refractivity contribution in [2.75, 3.05) is 25.0 Å². The van der Waals surface area contributed by atoms with Gasteiger partial charge < -0.3 is 10.1 Å². The molecule has 0 fully saturated rings. The second-order valence-electron chi connectivity index (χ2n) is 7.76. The van der Waals surface area contributed by atoms with Gasteiger partial charge >= 0.3 is 0 Å². The largest absolute Gasteiger partial charge is 0.453 e. The third kappa shape index (κ3) is 3.95. The number of hydrogen-bond donors (Lipinski definition) is 1. The summed E-state index contributed by atoms with van der Waals surface area (Å²) in [6.45, 7) is 9.76. The summed E-state index contributed by atoms with van der Waals surface area (Å²) in [5.41, 5.74) is 2.96. The number of anilines is 1. The van der Waals surface area contributed by atoms with E-state index in [9.17, 15) is 0 Å². The van der Waals surface area contributed by atoms with Crippen LogP contribution in [0.3, 0.4) is 0 Å². The van der Waals surface area contributed by atoms with Crippen LogP contribution >= 0.6 is 0 Å². The van der Waals surface area contributed by atoms with Crippen molar-refractivity contribution < 1.29 is 4.74 Å². The Labute approximate surface area is 174 Å². The van der Waals surface area contributed by atoms with Crippen LogP contribution in [0.25, 0.3) is 10.8 Å². The summed E-state index contributed by atoms with van der Waals surface area (Å²) in [6, 6.07) is 10.8. The first-order valence-electron chi connectivity index (χ1n) is 11.0. The summed E-state index contributed by atoms with van der Waals surface area (Å²) in [6.07, 6.45) is 9.98. The van der Waals surface area contributed by atoms with E-state index in [2.05, 4.69) is 79.5 Å². The van der Waals surface area contributed by atoms with E-state index in [4.69, 9.17) is 9.73 Å². The fraction of sp³-hybridized carbons (Fsp3) is 0.400. The highest BCUT2D eigenvalue weighted by Gasteiger charge is 2.26. The number of allylic oxidation sites excluding steroid dienone is 1. The van der Waals surface area contributed by atoms with Gasteiger partial charge in [0.15, 0.2) is 11.5 Å². The zero-order chi connectivity index (χ0) is 20.2. The molecule has 0 amide bonds. The van der Waals surface area contributed by atoms with Crippen LogP contribution in [0.5, 0.6) is 5.75 Å². The van der Waals surface area contributed by atoms with E-state index < -0.39 is 0 Å². The molecule has 0 spiro atoms. The molecule has 1 aliphatic carbocycles. The molecule has 0 radical (unpaired) electrons. The van der Waals surface area contributed by atoms with E-state index in [1.165, 1.54) is 5.39 Å². The molecule has 152 valence electrons. The van der Waals surface area contributed by atoms with Crippen LogP contribution in [-0.2, 0) is 0 Å². The maximum atomic E-state index is 6.41. The molecule has 29 heavy (non-hydrogen) atoms. The molecule has 0 aromatic heterocycles. The summed E-state index contributed by atoms with van der Waals surface area (Å²) in [4.78, 5) is 7.50. The van der Waals surface area contributed by atoms with Crippen LogP contribution < -0.4 is 10.1 Å². The Morgan fingerprint density at radius 2 is 1.79 bits per heavy atom. The summed E-state index contributed by atoms with van der Waals surface area (Å²) >= 11 is 0. The fourth-order valence-electron chi connectivity index (χ4n) is 4.13. The second-order valence-corrected chi connectivity index (χ2v) is 7.76. The van der Waals surface area contributed by atoms with Gasteiger partial charge in [0.1, 0.15) is 11.4 Å². The van der Waals surface area contributed by atoms with Crippen LogP contribution in [0.15, 0.2) is 59.3 Å². The van der Waals surface area contributed by atoms with E-state index in [-0.39, 0.29) is 6.04 Å². The van der Waals surface area contributed by atoms with Gasteiger partial charge in [-0.3, -0.25) is 4.90 Å². The van der Waals surface area contributed by atoms with Gasteiger partial charge in [-0.25, -0.2) is 4.99 Å². The Morgan fingerprint density at radius 3 is 2.52 bits per heavy atom. The summed E-state index contributed by atoms with van der Waals surface area (Å²) in [5.74, 6) is 1.71. The average molecular weight is 390 g/mol. The lowest BCUT2D eigenvalue weighted by molar-refractivity contribution is 0.256. The Kier molecular flexibility index (Phi) is 6.00. The SMILES string of the molecule is CCCNc1cc2c(c3ccccc13)N=C1C=CC(N(CCC)CCC)C=C1O2. The van der Waals surface area contributed by atoms with E-state index in [1.54, 1.807) is 0 Å². The first-order valence-corrected chi connectivity index (χ1v) is 11.0. The zero-order valence-electron chi connectivity index (χ0n) is 17.7. The minimum atomic E-state index is 0.267. The van der Waals surface area contributed by atoms with Crippen LogP contribution in [0.1, 0.15) is 40.0 Å². The molecule has 2 aromatic rings. The highest BCUT2D eigenvalue weighted by Crippen LogP contribution is 2.44. The van der Waals surface area contributed by atoms with Gasteiger partial charge in [-0.2, -0.15) is 0 Å². The summed E-state index contributed by atoms with van der Waals surface area (Å²) < 4.78 is 6.41. The number of ether oxygens (including phenoxy) is 1. The molecule has 4 heteroatoms. The van der Waals surface area contributed by atoms with Gasteiger partial charge in [-0.05, 0) is 44.5 Å². The Balaban J connectivity index is 1.73. The predicted molar refractivity (Wildman–Crippen MR) is 124 cm³/mol. The molecular weight excluding hydrogens is 358 g/mol. The quantitative estimate of drug-likeness (QED) is 0.595. The highest BCUT2D eigenvalue weighted by molar-refractivity contribution is 6.14. The minimum absolute atomic E-state index is 0.267. The molecule has 2 aliphatic rings. The summed E-state index contributed by atoms with van der Waals surface area (Å²) in [7, 11) is 0. The number of benzene rings is 2. The molecule has 1 heterocycles. The molecule has 1 unspecified atom stereocenters. The first-order chi connectivity index (χ1) is 14.2. The number of hydrogen-bond acceptors (Lipinski definition) is 4. The molecule has 2 aromatic carbocycles. The van der Waals surface area contributed by atoms with E-state index >= 15 is 0 Å². The van der Waals surface area contributed by atoms with Crippen LogP contribution in [-0.4, -0.2) is 36.3 Å².